The van der Waals surface area contributed by atoms with Gasteiger partial charge in [-0.05, 0) is 64.3 Å². The first-order valence-corrected chi connectivity index (χ1v) is 13.1. The van der Waals surface area contributed by atoms with Gasteiger partial charge in [-0.3, -0.25) is 0 Å². The third kappa shape index (κ3) is 6.59. The Morgan fingerprint density at radius 1 is 0.485 bits per heavy atom. The normalized spacial score (nSPS) is 14.0. The summed E-state index contributed by atoms with van der Waals surface area (Å²) >= 11 is 1.90. The van der Waals surface area contributed by atoms with Crippen LogP contribution < -0.4 is 0 Å². The van der Waals surface area contributed by atoms with Crippen molar-refractivity contribution in [2.45, 2.75) is 128 Å². The molecule has 0 saturated heterocycles. The number of benzene rings is 2. The zero-order chi connectivity index (χ0) is 25.8. The van der Waals surface area contributed by atoms with E-state index in [4.69, 9.17) is 0 Å². The topological polar surface area (TPSA) is 20.2 Å². The molecule has 2 aromatic carbocycles. The highest BCUT2D eigenvalue weighted by Crippen LogP contribution is 2.47. The third-order valence-electron chi connectivity index (χ3n) is 6.43. The maximum atomic E-state index is 11.1. The van der Waals surface area contributed by atoms with Crippen LogP contribution in [0.25, 0.3) is 0 Å². The molecule has 2 aromatic rings. The van der Waals surface area contributed by atoms with Gasteiger partial charge in [-0.25, -0.2) is 0 Å². The van der Waals surface area contributed by atoms with Crippen LogP contribution in [0.3, 0.4) is 0 Å². The van der Waals surface area contributed by atoms with Gasteiger partial charge in [-0.2, -0.15) is 0 Å². The second-order valence-corrected chi connectivity index (χ2v) is 16.0. The molecule has 0 aliphatic heterocycles. The van der Waals surface area contributed by atoms with Crippen LogP contribution in [0, 0.1) is 0 Å². The van der Waals surface area contributed by atoms with E-state index < -0.39 is 0 Å². The van der Waals surface area contributed by atoms with Crippen molar-refractivity contribution >= 4 is 11.8 Å². The fraction of sp³-hybridized carbons (Fsp3) is 0.613. The summed E-state index contributed by atoms with van der Waals surface area (Å²) in [5, 5.41) is 11.1. The molecule has 0 saturated carbocycles. The molecule has 33 heavy (non-hydrogen) atoms. The summed E-state index contributed by atoms with van der Waals surface area (Å²) in [6.07, 6.45) is 0. The van der Waals surface area contributed by atoms with Crippen LogP contribution in [0.15, 0.2) is 35.2 Å². The average Bonchev–Trinajstić information content (AvgIpc) is 2.59. The van der Waals surface area contributed by atoms with E-state index in [0.29, 0.717) is 5.75 Å². The lowest BCUT2D eigenvalue weighted by molar-refractivity contribution is 0.422. The van der Waals surface area contributed by atoms with Crippen molar-refractivity contribution in [3.8, 4) is 5.75 Å². The smallest absolute Gasteiger partial charge is 0.123 e. The number of hydrogen-bond acceptors (Lipinski definition) is 2. The highest BCUT2D eigenvalue weighted by molar-refractivity contribution is 8.00. The van der Waals surface area contributed by atoms with Gasteiger partial charge in [0.05, 0.1) is 0 Å². The summed E-state index contributed by atoms with van der Waals surface area (Å²) in [6.45, 7) is 31.5. The lowest BCUT2D eigenvalue weighted by atomic mass is 9.78. The van der Waals surface area contributed by atoms with Gasteiger partial charge in [0.2, 0.25) is 0 Å². The van der Waals surface area contributed by atoms with E-state index in [9.17, 15) is 5.11 Å². The first-order chi connectivity index (χ1) is 14.5. The molecular formula is C31H48OS. The largest absolute Gasteiger partial charge is 0.507 e. The Morgan fingerprint density at radius 2 is 0.818 bits per heavy atom. The third-order valence-corrected chi connectivity index (χ3v) is 7.65. The van der Waals surface area contributed by atoms with Crippen molar-refractivity contribution in [2.24, 2.45) is 0 Å². The van der Waals surface area contributed by atoms with E-state index in [2.05, 4.69) is 127 Å². The first kappa shape index (κ1) is 27.8. The number of aromatic hydroxyl groups is 1. The SMILES string of the molecule is CC(C)(C)c1cc(C(C)(C)C)cc(C(C)(C)Sc2cc(C(C)(C)C)c(O)c(C(C)(C)C)c2)c1. The fourth-order valence-corrected chi connectivity index (χ4v) is 5.18. The Hall–Kier alpha value is -1.41. The van der Waals surface area contributed by atoms with Crippen molar-refractivity contribution < 1.29 is 5.11 Å². The van der Waals surface area contributed by atoms with E-state index in [0.717, 1.165) is 11.1 Å². The minimum atomic E-state index is -0.129. The molecule has 0 fully saturated rings. The van der Waals surface area contributed by atoms with E-state index >= 15 is 0 Å². The Labute approximate surface area is 208 Å². The second-order valence-electron chi connectivity index (χ2n) is 14.3. The molecule has 1 nitrogen and oxygen atoms in total. The molecule has 1 N–H and O–H groups in total. The van der Waals surface area contributed by atoms with Gasteiger partial charge in [0.15, 0.2) is 0 Å². The van der Waals surface area contributed by atoms with Crippen LogP contribution in [0.5, 0.6) is 5.75 Å². The van der Waals surface area contributed by atoms with Crippen LogP contribution in [-0.4, -0.2) is 5.11 Å². The standard InChI is InChI=1S/C31H48OS/c1-27(2,3)20-15-21(28(4,5)6)17-22(16-20)31(13,14)33-23-18-24(29(7,8)9)26(32)25(19-23)30(10,11)12/h15-19,32H,1-14H3. The molecule has 0 spiro atoms. The molecule has 2 heteroatoms. The number of phenolic OH excluding ortho intramolecular Hbond substituents is 1. The van der Waals surface area contributed by atoms with Gasteiger partial charge in [0.25, 0.3) is 0 Å². The molecule has 0 aliphatic rings. The van der Waals surface area contributed by atoms with Crippen LogP contribution in [-0.2, 0) is 26.4 Å². The zero-order valence-electron chi connectivity index (χ0n) is 23.7. The minimum Gasteiger partial charge on any atom is -0.507 e. The quantitative estimate of drug-likeness (QED) is 0.452. The second kappa shape index (κ2) is 8.67. The molecule has 0 amide bonds. The van der Waals surface area contributed by atoms with E-state index in [1.54, 1.807) is 0 Å². The van der Waals surface area contributed by atoms with E-state index in [-0.39, 0.29) is 26.4 Å². The molecule has 0 unspecified atom stereocenters. The maximum absolute atomic E-state index is 11.1. The predicted molar refractivity (Wildman–Crippen MR) is 148 cm³/mol. The number of rotatable bonds is 3. The van der Waals surface area contributed by atoms with Crippen molar-refractivity contribution in [1.82, 2.24) is 0 Å². The number of phenols is 1. The molecule has 0 aliphatic carbocycles. The van der Waals surface area contributed by atoms with E-state index in [1.807, 2.05) is 11.8 Å². The summed E-state index contributed by atoms with van der Waals surface area (Å²) in [5.74, 6) is 0.446. The summed E-state index contributed by atoms with van der Waals surface area (Å²) in [5.41, 5.74) is 6.09. The van der Waals surface area contributed by atoms with E-state index in [1.165, 1.54) is 21.6 Å². The van der Waals surface area contributed by atoms with Crippen molar-refractivity contribution in [3.05, 3.63) is 58.1 Å². The lowest BCUT2D eigenvalue weighted by Crippen LogP contribution is -2.21. The minimum absolute atomic E-state index is 0.0914. The van der Waals surface area contributed by atoms with Gasteiger partial charge in [0.1, 0.15) is 5.75 Å². The summed E-state index contributed by atoms with van der Waals surface area (Å²) in [7, 11) is 0. The van der Waals surface area contributed by atoms with Crippen molar-refractivity contribution in [2.75, 3.05) is 0 Å². The highest BCUT2D eigenvalue weighted by atomic mass is 32.2. The molecule has 0 radical (unpaired) electrons. The molecular weight excluding hydrogens is 420 g/mol. The van der Waals surface area contributed by atoms with Crippen LogP contribution >= 0.6 is 11.8 Å². The monoisotopic (exact) mass is 468 g/mol. The summed E-state index contributed by atoms with van der Waals surface area (Å²) < 4.78 is -0.122. The van der Waals surface area contributed by atoms with Crippen LogP contribution in [0.1, 0.15) is 125 Å². The molecule has 2 rings (SSSR count). The predicted octanol–water partition coefficient (Wildman–Crippen LogP) is 9.61. The Kier molecular flexibility index (Phi) is 7.31. The lowest BCUT2D eigenvalue weighted by Gasteiger charge is -2.33. The number of thioether (sulfide) groups is 1. The van der Waals surface area contributed by atoms with Crippen molar-refractivity contribution in [1.29, 1.82) is 0 Å². The Balaban J connectivity index is 2.68. The average molecular weight is 469 g/mol. The fourth-order valence-electron chi connectivity index (χ4n) is 4.01. The zero-order valence-corrected chi connectivity index (χ0v) is 24.6. The summed E-state index contributed by atoms with van der Waals surface area (Å²) in [4.78, 5) is 1.21. The first-order valence-electron chi connectivity index (χ1n) is 12.3. The van der Waals surface area contributed by atoms with Gasteiger partial charge in [-0.1, -0.05) is 101 Å². The molecule has 0 atom stereocenters. The Morgan fingerprint density at radius 3 is 1.12 bits per heavy atom. The van der Waals surface area contributed by atoms with Gasteiger partial charge >= 0.3 is 0 Å². The molecule has 0 heterocycles. The summed E-state index contributed by atoms with van der Waals surface area (Å²) in [6, 6.07) is 11.6. The molecule has 0 aromatic heterocycles. The van der Waals surface area contributed by atoms with Crippen molar-refractivity contribution in [3.63, 3.8) is 0 Å². The Bertz CT molecular complexity index is 932. The van der Waals surface area contributed by atoms with Crippen LogP contribution in [0.2, 0.25) is 0 Å². The van der Waals surface area contributed by atoms with Gasteiger partial charge in [-0.15, -0.1) is 11.8 Å². The maximum Gasteiger partial charge on any atom is 0.123 e. The molecule has 0 bridgehead atoms. The highest BCUT2D eigenvalue weighted by Gasteiger charge is 2.31. The molecule has 184 valence electrons. The van der Waals surface area contributed by atoms with Gasteiger partial charge in [0, 0.05) is 20.8 Å². The van der Waals surface area contributed by atoms with Gasteiger partial charge < -0.3 is 5.11 Å². The number of hydrogen-bond donors (Lipinski definition) is 1. The van der Waals surface area contributed by atoms with Crippen LogP contribution in [0.4, 0.5) is 0 Å².